The van der Waals surface area contributed by atoms with Gasteiger partial charge in [0, 0.05) is 6.20 Å². The standard InChI is InChI=1S/C30H41N3Si3/c1-7-35(8-2,9-3)33(27-25-31-32(26-27)34(4,5)6)36(28-19-13-10-14-20-28,29-21-15-11-16-22-29)30-23-17-12-18-24-30/h10-26H,7-9H2,1-6H3. The molecule has 0 aliphatic carbocycles. The third-order valence-electron chi connectivity index (χ3n) is 7.87. The van der Waals surface area contributed by atoms with Gasteiger partial charge in [-0.25, -0.2) is 0 Å². The Bertz CT molecular complexity index is 1130. The molecule has 0 N–H and O–H groups in total. The van der Waals surface area contributed by atoms with Gasteiger partial charge in [0.1, 0.15) is 8.24 Å². The van der Waals surface area contributed by atoms with Crippen LogP contribution in [0, 0.1) is 0 Å². The normalized spacial score (nSPS) is 12.5. The van der Waals surface area contributed by atoms with Crippen molar-refractivity contribution in [3.8, 4) is 0 Å². The van der Waals surface area contributed by atoms with Crippen LogP contribution in [0.3, 0.4) is 0 Å². The van der Waals surface area contributed by atoms with Gasteiger partial charge >= 0.3 is 0 Å². The second-order valence-corrected chi connectivity index (χ2v) is 24.6. The molecule has 0 aliphatic rings. The molecule has 0 radical (unpaired) electrons. The Morgan fingerprint density at radius 2 is 1.03 bits per heavy atom. The molecule has 0 bridgehead atoms. The molecule has 3 nitrogen and oxygen atoms in total. The van der Waals surface area contributed by atoms with Crippen LogP contribution in [0.15, 0.2) is 103 Å². The summed E-state index contributed by atoms with van der Waals surface area (Å²) in [5.41, 5.74) is 1.30. The maximum Gasteiger partial charge on any atom is 0.245 e. The van der Waals surface area contributed by atoms with E-state index in [1.807, 2.05) is 0 Å². The molecular formula is C30H41N3Si3. The number of hydrogen-bond donors (Lipinski definition) is 0. The lowest BCUT2D eigenvalue weighted by Crippen LogP contribution is -2.83. The molecule has 0 aliphatic heterocycles. The first kappa shape index (κ1) is 26.4. The van der Waals surface area contributed by atoms with Crippen LogP contribution in [0.25, 0.3) is 0 Å². The van der Waals surface area contributed by atoms with Gasteiger partial charge in [0.25, 0.3) is 0 Å². The summed E-state index contributed by atoms with van der Waals surface area (Å²) in [4.78, 5) is 0. The van der Waals surface area contributed by atoms with Crippen molar-refractivity contribution >= 4 is 46.0 Å². The van der Waals surface area contributed by atoms with E-state index in [9.17, 15) is 0 Å². The van der Waals surface area contributed by atoms with Crippen molar-refractivity contribution < 1.29 is 0 Å². The minimum absolute atomic E-state index is 1.21. The van der Waals surface area contributed by atoms with Crippen molar-refractivity contribution in [3.63, 3.8) is 0 Å². The predicted molar refractivity (Wildman–Crippen MR) is 165 cm³/mol. The van der Waals surface area contributed by atoms with Crippen molar-refractivity contribution in [1.82, 2.24) is 9.45 Å². The lowest BCUT2D eigenvalue weighted by Gasteiger charge is -2.54. The SMILES string of the molecule is CC[Si](CC)(CC)N(c1cnn([Si](C)(C)C)c1)[Si](c1ccccc1)(c1ccccc1)c1ccccc1. The van der Waals surface area contributed by atoms with E-state index in [0.29, 0.717) is 0 Å². The summed E-state index contributed by atoms with van der Waals surface area (Å²) >= 11 is 0. The van der Waals surface area contributed by atoms with Gasteiger partial charge in [-0.2, -0.15) is 5.10 Å². The Balaban J connectivity index is 2.19. The molecule has 1 aromatic heterocycles. The lowest BCUT2D eigenvalue weighted by molar-refractivity contribution is 0.934. The summed E-state index contributed by atoms with van der Waals surface area (Å²) in [6.07, 6.45) is 4.56. The first-order valence-corrected chi connectivity index (χ1v) is 21.3. The van der Waals surface area contributed by atoms with Crippen LogP contribution < -0.4 is 19.8 Å². The van der Waals surface area contributed by atoms with Gasteiger partial charge in [-0.1, -0.05) is 112 Å². The average Bonchev–Trinajstić information content (AvgIpc) is 3.41. The maximum absolute atomic E-state index is 5.00. The summed E-state index contributed by atoms with van der Waals surface area (Å²) in [6.45, 7) is 14.4. The Morgan fingerprint density at radius 1 is 0.639 bits per heavy atom. The molecule has 188 valence electrons. The van der Waals surface area contributed by atoms with Crippen LogP contribution in [-0.2, 0) is 0 Å². The fraction of sp³-hybridized carbons (Fsp3) is 0.300. The Kier molecular flexibility index (Phi) is 7.88. The molecule has 0 fully saturated rings. The second kappa shape index (κ2) is 10.7. The molecule has 0 unspecified atom stereocenters. The van der Waals surface area contributed by atoms with E-state index < -0.39 is 24.7 Å². The predicted octanol–water partition coefficient (Wildman–Crippen LogP) is 6.04. The van der Waals surface area contributed by atoms with Crippen LogP contribution in [0.5, 0.6) is 0 Å². The van der Waals surface area contributed by atoms with Crippen molar-refractivity contribution in [2.75, 3.05) is 4.23 Å². The minimum atomic E-state index is -2.68. The molecule has 0 atom stereocenters. The van der Waals surface area contributed by atoms with Crippen LogP contribution in [0.4, 0.5) is 5.69 Å². The van der Waals surface area contributed by atoms with E-state index in [1.165, 1.54) is 39.4 Å². The summed E-state index contributed by atoms with van der Waals surface area (Å²) in [6, 6.07) is 37.7. The summed E-state index contributed by atoms with van der Waals surface area (Å²) in [5, 5.41) is 9.32. The van der Waals surface area contributed by atoms with Crippen molar-refractivity contribution in [2.45, 2.75) is 58.5 Å². The van der Waals surface area contributed by atoms with Crippen LogP contribution >= 0.6 is 0 Å². The highest BCUT2D eigenvalue weighted by molar-refractivity contribution is 7.21. The quantitative estimate of drug-likeness (QED) is 0.185. The van der Waals surface area contributed by atoms with Gasteiger partial charge in [0.2, 0.25) is 8.24 Å². The van der Waals surface area contributed by atoms with Gasteiger partial charge in [0.05, 0.1) is 11.9 Å². The zero-order valence-electron chi connectivity index (χ0n) is 22.8. The number of aromatic nitrogens is 2. The van der Waals surface area contributed by atoms with E-state index in [0.717, 1.165) is 0 Å². The van der Waals surface area contributed by atoms with Gasteiger partial charge in [-0.3, -0.25) is 4.35 Å². The zero-order valence-corrected chi connectivity index (χ0v) is 25.8. The average molecular weight is 528 g/mol. The Hall–Kier alpha value is -2.68. The first-order valence-electron chi connectivity index (χ1n) is 13.4. The highest BCUT2D eigenvalue weighted by Gasteiger charge is 2.53. The number of nitrogens with zero attached hydrogens (tertiary/aromatic N) is 3. The fourth-order valence-electron chi connectivity index (χ4n) is 5.77. The first-order chi connectivity index (χ1) is 17.3. The molecule has 36 heavy (non-hydrogen) atoms. The van der Waals surface area contributed by atoms with Crippen molar-refractivity contribution in [1.29, 1.82) is 0 Å². The molecule has 0 amide bonds. The highest BCUT2D eigenvalue weighted by Crippen LogP contribution is 2.35. The van der Waals surface area contributed by atoms with E-state index in [4.69, 9.17) is 5.10 Å². The smallest absolute Gasteiger partial charge is 0.245 e. The number of hydrogen-bond acceptors (Lipinski definition) is 2. The summed E-state index contributed by atoms with van der Waals surface area (Å²) < 4.78 is 5.29. The molecular weight excluding hydrogens is 487 g/mol. The van der Waals surface area contributed by atoms with Crippen LogP contribution in [-0.4, -0.2) is 34.2 Å². The Morgan fingerprint density at radius 3 is 1.33 bits per heavy atom. The zero-order chi connectivity index (χ0) is 25.8. The van der Waals surface area contributed by atoms with Gasteiger partial charge in [-0.15, -0.1) is 0 Å². The molecule has 4 aromatic rings. The van der Waals surface area contributed by atoms with Crippen molar-refractivity contribution in [2.24, 2.45) is 0 Å². The van der Waals surface area contributed by atoms with Gasteiger partial charge in [0.15, 0.2) is 8.24 Å². The van der Waals surface area contributed by atoms with E-state index >= 15 is 0 Å². The fourth-order valence-corrected chi connectivity index (χ4v) is 19.5. The van der Waals surface area contributed by atoms with E-state index in [2.05, 4.69) is 152 Å². The lowest BCUT2D eigenvalue weighted by atomic mass is 10.3. The number of rotatable bonds is 10. The largest absolute Gasteiger partial charge is 0.411 e. The highest BCUT2D eigenvalue weighted by atomic mass is 28.4. The molecule has 0 spiro atoms. The molecule has 6 heteroatoms. The number of benzene rings is 3. The summed E-state index contributed by atoms with van der Waals surface area (Å²) in [7, 11) is -6.28. The van der Waals surface area contributed by atoms with Crippen LogP contribution in [0.1, 0.15) is 20.8 Å². The third-order valence-corrected chi connectivity index (χ3v) is 21.5. The van der Waals surface area contributed by atoms with Gasteiger partial charge in [-0.05, 0) is 53.3 Å². The second-order valence-electron chi connectivity index (χ2n) is 10.7. The molecule has 0 saturated carbocycles. The van der Waals surface area contributed by atoms with Gasteiger partial charge < -0.3 is 4.23 Å². The molecule has 0 saturated heterocycles. The third kappa shape index (κ3) is 4.58. The molecule has 3 aromatic carbocycles. The minimum Gasteiger partial charge on any atom is -0.411 e. The van der Waals surface area contributed by atoms with E-state index in [1.54, 1.807) is 0 Å². The summed E-state index contributed by atoms with van der Waals surface area (Å²) in [5.74, 6) is 0. The van der Waals surface area contributed by atoms with Crippen LogP contribution in [0.2, 0.25) is 37.8 Å². The molecule has 4 rings (SSSR count). The van der Waals surface area contributed by atoms with E-state index in [-0.39, 0.29) is 0 Å². The monoisotopic (exact) mass is 527 g/mol. The Labute approximate surface area is 221 Å². The van der Waals surface area contributed by atoms with Crippen molar-refractivity contribution in [3.05, 3.63) is 103 Å². The number of anilines is 1. The maximum atomic E-state index is 5.00. The topological polar surface area (TPSA) is 21.1 Å². The molecule has 1 heterocycles.